The molecule has 1 aromatic rings. The number of carboxylic acids is 1. The van der Waals surface area contributed by atoms with Gasteiger partial charge in [0.1, 0.15) is 0 Å². The highest BCUT2D eigenvalue weighted by Crippen LogP contribution is 2.28. The topological polar surface area (TPSA) is 86.7 Å². The van der Waals surface area contributed by atoms with Crippen LogP contribution < -0.4 is 5.32 Å². The second-order valence-corrected chi connectivity index (χ2v) is 6.88. The molecule has 0 saturated carbocycles. The summed E-state index contributed by atoms with van der Waals surface area (Å²) in [7, 11) is 0. The van der Waals surface area contributed by atoms with E-state index in [1.165, 1.54) is 0 Å². The van der Waals surface area contributed by atoms with E-state index in [1.807, 2.05) is 37.3 Å². The molecule has 1 aliphatic heterocycles. The second kappa shape index (κ2) is 9.94. The summed E-state index contributed by atoms with van der Waals surface area (Å²) in [6.45, 7) is 3.02. The Labute approximate surface area is 154 Å². The normalized spacial score (nSPS) is 18.0. The van der Waals surface area contributed by atoms with Crippen molar-refractivity contribution in [3.8, 4) is 0 Å². The van der Waals surface area contributed by atoms with Crippen LogP contribution in [0.15, 0.2) is 30.3 Å². The number of carboxylic acid groups (broad SMARTS) is 1. The predicted octanol–water partition coefficient (Wildman–Crippen LogP) is 2.75. The number of benzene rings is 1. The van der Waals surface area contributed by atoms with E-state index in [0.29, 0.717) is 19.5 Å². The molecule has 2 amide bonds. The van der Waals surface area contributed by atoms with E-state index >= 15 is 0 Å². The minimum Gasteiger partial charge on any atom is -0.481 e. The number of amides is 2. The lowest BCUT2D eigenvalue weighted by atomic mass is 10.1. The molecule has 2 N–H and O–H groups in total. The standard InChI is InChI=1S/C20H28N2O4/c1-15(16-9-5-4-6-10-16)22-14-17(13-18(22)23)20(26)21-12-8-3-2-7-11-19(24)25/h4-6,9-10,15,17H,2-3,7-8,11-14H2,1H3,(H,21,26)(H,24,25). The summed E-state index contributed by atoms with van der Waals surface area (Å²) in [5, 5.41) is 11.5. The number of aliphatic carboxylic acids is 1. The van der Waals surface area contributed by atoms with Gasteiger partial charge in [-0.05, 0) is 25.3 Å². The first kappa shape index (κ1) is 19.9. The van der Waals surface area contributed by atoms with Gasteiger partial charge in [0.15, 0.2) is 0 Å². The van der Waals surface area contributed by atoms with Gasteiger partial charge in [-0.25, -0.2) is 0 Å². The highest BCUT2D eigenvalue weighted by Gasteiger charge is 2.36. The Balaban J connectivity index is 1.70. The smallest absolute Gasteiger partial charge is 0.303 e. The van der Waals surface area contributed by atoms with E-state index in [4.69, 9.17) is 5.11 Å². The fraction of sp³-hybridized carbons (Fsp3) is 0.550. The van der Waals surface area contributed by atoms with Crippen molar-refractivity contribution in [2.45, 2.75) is 51.5 Å². The molecule has 0 radical (unpaired) electrons. The Morgan fingerprint density at radius 3 is 2.58 bits per heavy atom. The molecular weight excluding hydrogens is 332 g/mol. The molecule has 0 spiro atoms. The minimum absolute atomic E-state index is 0.0233. The average molecular weight is 360 g/mol. The summed E-state index contributed by atoms with van der Waals surface area (Å²) < 4.78 is 0. The van der Waals surface area contributed by atoms with Crippen molar-refractivity contribution in [1.29, 1.82) is 0 Å². The van der Waals surface area contributed by atoms with Crippen molar-refractivity contribution in [2.24, 2.45) is 5.92 Å². The average Bonchev–Trinajstić information content (AvgIpc) is 3.02. The molecule has 0 aliphatic carbocycles. The molecule has 1 saturated heterocycles. The summed E-state index contributed by atoms with van der Waals surface area (Å²) in [6, 6.07) is 9.81. The Kier molecular flexibility index (Phi) is 7.63. The van der Waals surface area contributed by atoms with Crippen molar-refractivity contribution >= 4 is 17.8 Å². The van der Waals surface area contributed by atoms with Crippen LogP contribution in [-0.2, 0) is 14.4 Å². The summed E-state index contributed by atoms with van der Waals surface area (Å²) in [4.78, 5) is 36.8. The first-order valence-electron chi connectivity index (χ1n) is 9.33. The van der Waals surface area contributed by atoms with Gasteiger partial charge in [-0.3, -0.25) is 14.4 Å². The van der Waals surface area contributed by atoms with Crippen LogP contribution in [0.2, 0.25) is 0 Å². The van der Waals surface area contributed by atoms with Crippen LogP contribution >= 0.6 is 0 Å². The summed E-state index contributed by atoms with van der Waals surface area (Å²) in [5.41, 5.74) is 1.07. The lowest BCUT2D eigenvalue weighted by Crippen LogP contribution is -2.34. The molecule has 6 heteroatoms. The van der Waals surface area contributed by atoms with Crippen LogP contribution in [0.5, 0.6) is 0 Å². The number of rotatable bonds is 10. The monoisotopic (exact) mass is 360 g/mol. The van der Waals surface area contributed by atoms with Crippen molar-refractivity contribution in [3.05, 3.63) is 35.9 Å². The SMILES string of the molecule is CC(c1ccccc1)N1CC(C(=O)NCCCCCCC(=O)O)CC1=O. The van der Waals surface area contributed by atoms with E-state index in [1.54, 1.807) is 4.90 Å². The third-order valence-electron chi connectivity index (χ3n) is 4.90. The van der Waals surface area contributed by atoms with Crippen LogP contribution in [0, 0.1) is 5.92 Å². The summed E-state index contributed by atoms with van der Waals surface area (Å²) in [6.07, 6.45) is 3.72. The molecule has 1 fully saturated rings. The molecule has 142 valence electrons. The number of hydrogen-bond donors (Lipinski definition) is 2. The number of carbonyl (C=O) groups excluding carboxylic acids is 2. The largest absolute Gasteiger partial charge is 0.481 e. The zero-order valence-corrected chi connectivity index (χ0v) is 15.3. The van der Waals surface area contributed by atoms with E-state index in [0.717, 1.165) is 24.8 Å². The van der Waals surface area contributed by atoms with Gasteiger partial charge in [0.2, 0.25) is 11.8 Å². The van der Waals surface area contributed by atoms with Crippen LogP contribution in [-0.4, -0.2) is 40.9 Å². The molecule has 0 bridgehead atoms. The molecule has 2 atom stereocenters. The number of likely N-dealkylation sites (tertiary alicyclic amines) is 1. The van der Waals surface area contributed by atoms with E-state index in [-0.39, 0.29) is 36.6 Å². The van der Waals surface area contributed by atoms with Crippen molar-refractivity contribution < 1.29 is 19.5 Å². The number of unbranched alkanes of at least 4 members (excludes halogenated alkanes) is 3. The van der Waals surface area contributed by atoms with E-state index in [2.05, 4.69) is 5.32 Å². The molecule has 1 aliphatic rings. The zero-order valence-electron chi connectivity index (χ0n) is 15.3. The number of nitrogens with zero attached hydrogens (tertiary/aromatic N) is 1. The van der Waals surface area contributed by atoms with Crippen LogP contribution in [0.3, 0.4) is 0 Å². The first-order chi connectivity index (χ1) is 12.5. The molecule has 6 nitrogen and oxygen atoms in total. The maximum absolute atomic E-state index is 12.3. The maximum atomic E-state index is 12.3. The Hall–Kier alpha value is -2.37. The lowest BCUT2D eigenvalue weighted by molar-refractivity contribution is -0.137. The van der Waals surface area contributed by atoms with E-state index < -0.39 is 5.97 Å². The fourth-order valence-electron chi connectivity index (χ4n) is 3.30. The lowest BCUT2D eigenvalue weighted by Gasteiger charge is -2.25. The van der Waals surface area contributed by atoms with Gasteiger partial charge < -0.3 is 15.3 Å². The zero-order chi connectivity index (χ0) is 18.9. The molecule has 1 aromatic carbocycles. The Morgan fingerprint density at radius 1 is 1.19 bits per heavy atom. The Morgan fingerprint density at radius 2 is 1.88 bits per heavy atom. The molecule has 1 heterocycles. The van der Waals surface area contributed by atoms with Crippen LogP contribution in [0.25, 0.3) is 0 Å². The molecule has 2 rings (SSSR count). The molecule has 2 unspecified atom stereocenters. The van der Waals surface area contributed by atoms with Crippen molar-refractivity contribution in [3.63, 3.8) is 0 Å². The van der Waals surface area contributed by atoms with Gasteiger partial charge in [0.05, 0.1) is 12.0 Å². The fourth-order valence-corrected chi connectivity index (χ4v) is 3.30. The second-order valence-electron chi connectivity index (χ2n) is 6.88. The number of nitrogens with one attached hydrogen (secondary N) is 1. The van der Waals surface area contributed by atoms with Crippen LogP contribution in [0.1, 0.15) is 57.1 Å². The first-order valence-corrected chi connectivity index (χ1v) is 9.33. The summed E-state index contributed by atoms with van der Waals surface area (Å²) >= 11 is 0. The highest BCUT2D eigenvalue weighted by atomic mass is 16.4. The highest BCUT2D eigenvalue weighted by molar-refractivity contribution is 5.89. The van der Waals surface area contributed by atoms with E-state index in [9.17, 15) is 14.4 Å². The molecule has 0 aromatic heterocycles. The van der Waals surface area contributed by atoms with Gasteiger partial charge in [0, 0.05) is 25.9 Å². The predicted molar refractivity (Wildman–Crippen MR) is 98.4 cm³/mol. The minimum atomic E-state index is -0.765. The summed E-state index contributed by atoms with van der Waals surface area (Å²) in [5.74, 6) is -1.10. The molecule has 26 heavy (non-hydrogen) atoms. The van der Waals surface area contributed by atoms with Gasteiger partial charge in [0.25, 0.3) is 0 Å². The third-order valence-corrected chi connectivity index (χ3v) is 4.90. The van der Waals surface area contributed by atoms with Crippen molar-refractivity contribution in [2.75, 3.05) is 13.1 Å². The number of hydrogen-bond acceptors (Lipinski definition) is 3. The third kappa shape index (κ3) is 5.86. The van der Waals surface area contributed by atoms with Gasteiger partial charge in [-0.2, -0.15) is 0 Å². The number of carbonyl (C=O) groups is 3. The van der Waals surface area contributed by atoms with Crippen molar-refractivity contribution in [1.82, 2.24) is 10.2 Å². The molecular formula is C20H28N2O4. The van der Waals surface area contributed by atoms with Gasteiger partial charge in [-0.1, -0.05) is 43.2 Å². The van der Waals surface area contributed by atoms with Crippen LogP contribution in [0.4, 0.5) is 0 Å². The quantitative estimate of drug-likeness (QED) is 0.628. The Bertz CT molecular complexity index is 617. The van der Waals surface area contributed by atoms with Gasteiger partial charge in [-0.15, -0.1) is 0 Å². The van der Waals surface area contributed by atoms with Gasteiger partial charge >= 0.3 is 5.97 Å². The maximum Gasteiger partial charge on any atom is 0.303 e.